The van der Waals surface area contributed by atoms with Gasteiger partial charge in [0.15, 0.2) is 0 Å². The van der Waals surface area contributed by atoms with E-state index in [2.05, 4.69) is 22.4 Å². The number of benzene rings is 1. The van der Waals surface area contributed by atoms with Gasteiger partial charge in [-0.05, 0) is 42.9 Å². The van der Waals surface area contributed by atoms with Gasteiger partial charge in [0.1, 0.15) is 11.3 Å². The minimum absolute atomic E-state index is 0.00288. The number of aliphatic hydroxyl groups is 1. The molecule has 0 spiro atoms. The molecule has 0 bridgehead atoms. The normalized spacial score (nSPS) is 20.8. The van der Waals surface area contributed by atoms with Crippen LogP contribution in [-0.4, -0.2) is 32.5 Å². The molecule has 1 saturated carbocycles. The Hall–Kier alpha value is -2.66. The highest BCUT2D eigenvalue weighted by atomic mass is 16.3. The lowest BCUT2D eigenvalue weighted by Crippen LogP contribution is -2.48. The van der Waals surface area contributed by atoms with E-state index in [0.29, 0.717) is 11.6 Å². The summed E-state index contributed by atoms with van der Waals surface area (Å²) < 4.78 is 1.84. The lowest BCUT2D eigenvalue weighted by atomic mass is 9.75. The standard InChI is InChI=1S/C20H21N3O2/c24-16-11-15(12-16)17(10-14-6-2-1-3-7-14)22-20(25)18-13-23-9-5-4-8-19(23)21-18/h1-9,13,15-17,24H,10-12H2,(H,22,25). The number of nitrogens with zero attached hydrogens (tertiary/aromatic N) is 2. The molecule has 5 nitrogen and oxygen atoms in total. The van der Waals surface area contributed by atoms with Gasteiger partial charge in [-0.3, -0.25) is 4.79 Å². The highest BCUT2D eigenvalue weighted by molar-refractivity contribution is 5.93. The van der Waals surface area contributed by atoms with E-state index < -0.39 is 0 Å². The largest absolute Gasteiger partial charge is 0.393 e. The Labute approximate surface area is 146 Å². The van der Waals surface area contributed by atoms with E-state index in [1.807, 2.05) is 47.0 Å². The average Bonchev–Trinajstić information content (AvgIpc) is 3.04. The zero-order valence-corrected chi connectivity index (χ0v) is 13.9. The molecule has 1 atom stereocenters. The maximum absolute atomic E-state index is 12.7. The highest BCUT2D eigenvalue weighted by Gasteiger charge is 2.35. The number of carbonyl (C=O) groups is 1. The monoisotopic (exact) mass is 335 g/mol. The quantitative estimate of drug-likeness (QED) is 0.753. The Morgan fingerprint density at radius 2 is 1.96 bits per heavy atom. The van der Waals surface area contributed by atoms with Crippen LogP contribution in [-0.2, 0) is 6.42 Å². The summed E-state index contributed by atoms with van der Waals surface area (Å²) in [5.74, 6) is 0.141. The van der Waals surface area contributed by atoms with Crippen LogP contribution in [0.2, 0.25) is 0 Å². The molecule has 128 valence electrons. The van der Waals surface area contributed by atoms with Crippen LogP contribution in [0.4, 0.5) is 0 Å². The van der Waals surface area contributed by atoms with Crippen LogP contribution in [0.1, 0.15) is 28.9 Å². The van der Waals surface area contributed by atoms with E-state index in [1.54, 1.807) is 6.20 Å². The molecular formula is C20H21N3O2. The van der Waals surface area contributed by atoms with Crippen LogP contribution in [0.15, 0.2) is 60.9 Å². The van der Waals surface area contributed by atoms with Gasteiger partial charge in [-0.15, -0.1) is 0 Å². The smallest absolute Gasteiger partial charge is 0.271 e. The van der Waals surface area contributed by atoms with Gasteiger partial charge in [0.25, 0.3) is 5.91 Å². The number of fused-ring (bicyclic) bond motifs is 1. The van der Waals surface area contributed by atoms with Crippen molar-refractivity contribution in [2.45, 2.75) is 31.4 Å². The minimum Gasteiger partial charge on any atom is -0.393 e. The zero-order chi connectivity index (χ0) is 17.2. The van der Waals surface area contributed by atoms with E-state index in [0.717, 1.165) is 24.9 Å². The number of hydrogen-bond donors (Lipinski definition) is 2. The minimum atomic E-state index is -0.240. The maximum Gasteiger partial charge on any atom is 0.271 e. The molecule has 0 saturated heterocycles. The molecule has 0 radical (unpaired) electrons. The molecular weight excluding hydrogens is 314 g/mol. The number of rotatable bonds is 5. The lowest BCUT2D eigenvalue weighted by molar-refractivity contribution is 0.0239. The summed E-state index contributed by atoms with van der Waals surface area (Å²) in [6, 6.07) is 15.8. The van der Waals surface area contributed by atoms with Gasteiger partial charge in [-0.2, -0.15) is 0 Å². The fraction of sp³-hybridized carbons (Fsp3) is 0.300. The van der Waals surface area contributed by atoms with Gasteiger partial charge in [0.05, 0.1) is 6.10 Å². The van der Waals surface area contributed by atoms with Gasteiger partial charge in [-0.25, -0.2) is 4.98 Å². The van der Waals surface area contributed by atoms with E-state index in [4.69, 9.17) is 0 Å². The molecule has 1 fully saturated rings. The van der Waals surface area contributed by atoms with Gasteiger partial charge in [0, 0.05) is 18.4 Å². The summed E-state index contributed by atoms with van der Waals surface area (Å²) in [5, 5.41) is 12.8. The highest BCUT2D eigenvalue weighted by Crippen LogP contribution is 2.32. The summed E-state index contributed by atoms with van der Waals surface area (Å²) in [6.45, 7) is 0. The number of nitrogens with one attached hydrogen (secondary N) is 1. The van der Waals surface area contributed by atoms with Crippen molar-refractivity contribution in [2.24, 2.45) is 5.92 Å². The number of pyridine rings is 1. The second kappa shape index (κ2) is 6.69. The fourth-order valence-electron chi connectivity index (χ4n) is 3.45. The Kier molecular flexibility index (Phi) is 4.24. The Morgan fingerprint density at radius 1 is 1.20 bits per heavy atom. The molecule has 1 aliphatic rings. The molecule has 0 aliphatic heterocycles. The van der Waals surface area contributed by atoms with Gasteiger partial charge < -0.3 is 14.8 Å². The van der Waals surface area contributed by atoms with Crippen molar-refractivity contribution in [3.63, 3.8) is 0 Å². The third kappa shape index (κ3) is 3.42. The SMILES string of the molecule is O=C(NC(Cc1ccccc1)C1CC(O)C1)c1cn2ccccc2n1. The number of hydrogen-bond acceptors (Lipinski definition) is 3. The maximum atomic E-state index is 12.7. The van der Waals surface area contributed by atoms with E-state index in [9.17, 15) is 9.90 Å². The van der Waals surface area contributed by atoms with Crippen LogP contribution >= 0.6 is 0 Å². The summed E-state index contributed by atoms with van der Waals surface area (Å²) in [5.41, 5.74) is 2.36. The fourth-order valence-corrected chi connectivity index (χ4v) is 3.45. The molecule has 25 heavy (non-hydrogen) atoms. The molecule has 2 heterocycles. The van der Waals surface area contributed by atoms with Crippen molar-refractivity contribution >= 4 is 11.6 Å². The first kappa shape index (κ1) is 15.8. The second-order valence-corrected chi connectivity index (χ2v) is 6.75. The summed E-state index contributed by atoms with van der Waals surface area (Å²) >= 11 is 0. The van der Waals surface area contributed by atoms with Crippen LogP contribution in [0.3, 0.4) is 0 Å². The first-order valence-corrected chi connectivity index (χ1v) is 8.65. The Balaban J connectivity index is 1.51. The average molecular weight is 335 g/mol. The number of aliphatic hydroxyl groups excluding tert-OH is 1. The van der Waals surface area contributed by atoms with Crippen LogP contribution in [0, 0.1) is 5.92 Å². The predicted molar refractivity (Wildman–Crippen MR) is 95.3 cm³/mol. The number of amides is 1. The molecule has 1 aromatic carbocycles. The van der Waals surface area contributed by atoms with Gasteiger partial charge in [0.2, 0.25) is 0 Å². The third-order valence-corrected chi connectivity index (χ3v) is 4.93. The van der Waals surface area contributed by atoms with Crippen LogP contribution < -0.4 is 5.32 Å². The van der Waals surface area contributed by atoms with Crippen molar-refractivity contribution in [1.29, 1.82) is 0 Å². The van der Waals surface area contributed by atoms with Crippen LogP contribution in [0.25, 0.3) is 5.65 Å². The topological polar surface area (TPSA) is 66.6 Å². The molecule has 4 rings (SSSR count). The number of imidazole rings is 1. The molecule has 2 N–H and O–H groups in total. The number of aromatic nitrogens is 2. The van der Waals surface area contributed by atoms with Crippen molar-refractivity contribution < 1.29 is 9.90 Å². The third-order valence-electron chi connectivity index (χ3n) is 4.93. The van der Waals surface area contributed by atoms with E-state index in [1.165, 1.54) is 5.56 Å². The van der Waals surface area contributed by atoms with Crippen molar-refractivity contribution in [3.05, 3.63) is 72.2 Å². The zero-order valence-electron chi connectivity index (χ0n) is 13.9. The van der Waals surface area contributed by atoms with Crippen molar-refractivity contribution in [3.8, 4) is 0 Å². The lowest BCUT2D eigenvalue weighted by Gasteiger charge is -2.38. The second-order valence-electron chi connectivity index (χ2n) is 6.75. The van der Waals surface area contributed by atoms with Gasteiger partial charge >= 0.3 is 0 Å². The van der Waals surface area contributed by atoms with Crippen molar-refractivity contribution in [1.82, 2.24) is 14.7 Å². The van der Waals surface area contributed by atoms with Gasteiger partial charge in [-0.1, -0.05) is 36.4 Å². The molecule has 1 unspecified atom stereocenters. The molecule has 1 aliphatic carbocycles. The predicted octanol–water partition coefficient (Wildman–Crippen LogP) is 2.45. The molecule has 2 aromatic heterocycles. The molecule has 3 aromatic rings. The Morgan fingerprint density at radius 3 is 2.68 bits per heavy atom. The van der Waals surface area contributed by atoms with Crippen molar-refractivity contribution in [2.75, 3.05) is 0 Å². The Bertz CT molecular complexity index is 836. The summed E-state index contributed by atoms with van der Waals surface area (Å²) in [6.07, 6.45) is 5.63. The molecule has 1 amide bonds. The molecule has 5 heteroatoms. The number of carbonyl (C=O) groups excluding carboxylic acids is 1. The first-order chi connectivity index (χ1) is 12.2. The van der Waals surface area contributed by atoms with E-state index >= 15 is 0 Å². The summed E-state index contributed by atoms with van der Waals surface area (Å²) in [7, 11) is 0. The van der Waals surface area contributed by atoms with Crippen LogP contribution in [0.5, 0.6) is 0 Å². The van der Waals surface area contributed by atoms with E-state index in [-0.39, 0.29) is 18.1 Å². The first-order valence-electron chi connectivity index (χ1n) is 8.65. The summed E-state index contributed by atoms with van der Waals surface area (Å²) in [4.78, 5) is 17.1.